The van der Waals surface area contributed by atoms with Gasteiger partial charge in [-0.3, -0.25) is 4.79 Å². The van der Waals surface area contributed by atoms with Crippen molar-refractivity contribution in [3.63, 3.8) is 0 Å². The van der Waals surface area contributed by atoms with E-state index in [-0.39, 0.29) is 17.6 Å². The van der Waals surface area contributed by atoms with Crippen LogP contribution in [0.2, 0.25) is 0 Å². The number of Topliss-reactive ketones (excluding diaryl/α,β-unsaturated/α-hetero) is 1. The predicted octanol–water partition coefficient (Wildman–Crippen LogP) is 2.79. The average Bonchev–Trinajstić information content (AvgIpc) is 2.29. The van der Waals surface area contributed by atoms with Gasteiger partial charge in [0.15, 0.2) is 5.78 Å². The molecule has 1 fully saturated rings. The molecule has 2 atom stereocenters. The Morgan fingerprint density at radius 2 is 2.12 bits per heavy atom. The van der Waals surface area contributed by atoms with Gasteiger partial charge in [-0.05, 0) is 49.6 Å². The monoisotopic (exact) mass is 235 g/mol. The van der Waals surface area contributed by atoms with Crippen molar-refractivity contribution in [2.45, 2.75) is 32.2 Å². The van der Waals surface area contributed by atoms with Crippen LogP contribution in [0.4, 0.5) is 4.39 Å². The first kappa shape index (κ1) is 12.2. The first-order valence-electron chi connectivity index (χ1n) is 6.17. The maximum absolute atomic E-state index is 12.7. The van der Waals surface area contributed by atoms with Crippen LogP contribution in [0.1, 0.15) is 36.5 Å². The quantitative estimate of drug-likeness (QED) is 0.816. The van der Waals surface area contributed by atoms with Gasteiger partial charge >= 0.3 is 0 Å². The summed E-state index contributed by atoms with van der Waals surface area (Å²) >= 11 is 0. The molecule has 92 valence electrons. The van der Waals surface area contributed by atoms with E-state index in [0.29, 0.717) is 17.9 Å². The largest absolute Gasteiger partial charge is 0.314 e. The molecule has 0 radical (unpaired) electrons. The second kappa shape index (κ2) is 5.41. The number of carbonyl (C=O) groups excluding carboxylic acids is 1. The zero-order chi connectivity index (χ0) is 12.3. The molecule has 1 aromatic rings. The van der Waals surface area contributed by atoms with Gasteiger partial charge in [-0.15, -0.1) is 0 Å². The summed E-state index contributed by atoms with van der Waals surface area (Å²) in [5, 5.41) is 3.37. The Morgan fingerprint density at radius 3 is 2.76 bits per heavy atom. The van der Waals surface area contributed by atoms with Crippen molar-refractivity contribution < 1.29 is 9.18 Å². The Morgan fingerprint density at radius 1 is 1.41 bits per heavy atom. The van der Waals surface area contributed by atoms with Crippen LogP contribution in [0.15, 0.2) is 24.3 Å². The Bertz CT molecular complexity index is 388. The zero-order valence-electron chi connectivity index (χ0n) is 10.1. The summed E-state index contributed by atoms with van der Waals surface area (Å²) in [4.78, 5) is 12.0. The van der Waals surface area contributed by atoms with Gasteiger partial charge in [0.25, 0.3) is 0 Å². The standard InChI is InChI=1S/C14H18FNO/c1-10-6-7-16-13(8-10)9-14(17)11-2-4-12(15)5-3-11/h2-5,10,13,16H,6-9H2,1H3. The fourth-order valence-electron chi connectivity index (χ4n) is 2.35. The van der Waals surface area contributed by atoms with E-state index in [4.69, 9.17) is 0 Å². The van der Waals surface area contributed by atoms with Crippen molar-refractivity contribution in [1.29, 1.82) is 0 Å². The third-order valence-electron chi connectivity index (χ3n) is 3.36. The van der Waals surface area contributed by atoms with E-state index in [1.165, 1.54) is 18.6 Å². The van der Waals surface area contributed by atoms with E-state index in [9.17, 15) is 9.18 Å². The summed E-state index contributed by atoms with van der Waals surface area (Å²) in [5.74, 6) is 0.477. The van der Waals surface area contributed by atoms with Gasteiger partial charge in [0, 0.05) is 18.0 Å². The number of hydrogen-bond donors (Lipinski definition) is 1. The number of benzene rings is 1. The minimum absolute atomic E-state index is 0.0941. The molecule has 0 saturated carbocycles. The highest BCUT2D eigenvalue weighted by molar-refractivity contribution is 5.96. The third kappa shape index (κ3) is 3.37. The van der Waals surface area contributed by atoms with E-state index >= 15 is 0 Å². The summed E-state index contributed by atoms with van der Waals surface area (Å²) in [6.07, 6.45) is 2.74. The lowest BCUT2D eigenvalue weighted by Gasteiger charge is -2.27. The molecule has 3 heteroatoms. The SMILES string of the molecule is CC1CCNC(CC(=O)c2ccc(F)cc2)C1. The van der Waals surface area contributed by atoms with Gasteiger partial charge < -0.3 is 5.32 Å². The maximum atomic E-state index is 12.7. The highest BCUT2D eigenvalue weighted by Crippen LogP contribution is 2.18. The van der Waals surface area contributed by atoms with Gasteiger partial charge in [-0.25, -0.2) is 4.39 Å². The van der Waals surface area contributed by atoms with Gasteiger partial charge in [0.2, 0.25) is 0 Å². The van der Waals surface area contributed by atoms with Crippen molar-refractivity contribution in [3.8, 4) is 0 Å². The Hall–Kier alpha value is -1.22. The van der Waals surface area contributed by atoms with Gasteiger partial charge in [-0.2, -0.15) is 0 Å². The number of halogens is 1. The van der Waals surface area contributed by atoms with Crippen molar-refractivity contribution in [2.24, 2.45) is 5.92 Å². The summed E-state index contributed by atoms with van der Waals surface area (Å²) in [6.45, 7) is 3.21. The number of ketones is 1. The lowest BCUT2D eigenvalue weighted by molar-refractivity contribution is 0.0959. The fraction of sp³-hybridized carbons (Fsp3) is 0.500. The average molecular weight is 235 g/mol. The smallest absolute Gasteiger partial charge is 0.164 e. The Labute approximate surface area is 101 Å². The van der Waals surface area contributed by atoms with Crippen LogP contribution in [0.3, 0.4) is 0 Å². The Balaban J connectivity index is 1.94. The van der Waals surface area contributed by atoms with E-state index in [1.54, 1.807) is 12.1 Å². The fourth-order valence-corrected chi connectivity index (χ4v) is 2.35. The van der Waals surface area contributed by atoms with Crippen LogP contribution in [0.25, 0.3) is 0 Å². The number of rotatable bonds is 3. The number of nitrogens with one attached hydrogen (secondary N) is 1. The molecule has 2 nitrogen and oxygen atoms in total. The molecule has 2 rings (SSSR count). The zero-order valence-corrected chi connectivity index (χ0v) is 10.1. The summed E-state index contributed by atoms with van der Waals surface area (Å²) in [6, 6.07) is 6.07. The molecule has 1 heterocycles. The topological polar surface area (TPSA) is 29.1 Å². The summed E-state index contributed by atoms with van der Waals surface area (Å²) in [5.41, 5.74) is 0.603. The number of hydrogen-bond acceptors (Lipinski definition) is 2. The molecule has 1 aromatic carbocycles. The molecule has 1 aliphatic rings. The van der Waals surface area contributed by atoms with E-state index in [2.05, 4.69) is 12.2 Å². The van der Waals surface area contributed by atoms with Crippen LogP contribution in [0.5, 0.6) is 0 Å². The van der Waals surface area contributed by atoms with Gasteiger partial charge in [0.05, 0.1) is 0 Å². The summed E-state index contributed by atoms with van der Waals surface area (Å²) in [7, 11) is 0. The molecule has 0 spiro atoms. The van der Waals surface area contributed by atoms with E-state index in [1.807, 2.05) is 0 Å². The molecule has 17 heavy (non-hydrogen) atoms. The second-order valence-electron chi connectivity index (χ2n) is 4.91. The van der Waals surface area contributed by atoms with E-state index < -0.39 is 0 Å². The van der Waals surface area contributed by atoms with Crippen molar-refractivity contribution in [2.75, 3.05) is 6.54 Å². The highest BCUT2D eigenvalue weighted by Gasteiger charge is 2.21. The van der Waals surface area contributed by atoms with Crippen LogP contribution >= 0.6 is 0 Å². The van der Waals surface area contributed by atoms with Gasteiger partial charge in [-0.1, -0.05) is 6.92 Å². The third-order valence-corrected chi connectivity index (χ3v) is 3.36. The van der Waals surface area contributed by atoms with Crippen molar-refractivity contribution in [3.05, 3.63) is 35.6 Å². The second-order valence-corrected chi connectivity index (χ2v) is 4.91. The van der Waals surface area contributed by atoms with Crippen LogP contribution in [0, 0.1) is 11.7 Å². The first-order chi connectivity index (χ1) is 8.15. The highest BCUT2D eigenvalue weighted by atomic mass is 19.1. The summed E-state index contributed by atoms with van der Waals surface area (Å²) < 4.78 is 12.7. The molecule has 0 amide bonds. The maximum Gasteiger partial charge on any atom is 0.164 e. The van der Waals surface area contributed by atoms with E-state index in [0.717, 1.165) is 13.0 Å². The molecule has 0 aromatic heterocycles. The van der Waals surface area contributed by atoms with Crippen molar-refractivity contribution >= 4 is 5.78 Å². The molecule has 1 aliphatic heterocycles. The normalized spacial score (nSPS) is 24.6. The molecular formula is C14H18FNO. The van der Waals surface area contributed by atoms with Gasteiger partial charge in [0.1, 0.15) is 5.82 Å². The number of carbonyl (C=O) groups is 1. The molecule has 1 saturated heterocycles. The van der Waals surface area contributed by atoms with Crippen LogP contribution < -0.4 is 5.32 Å². The molecule has 2 unspecified atom stereocenters. The minimum Gasteiger partial charge on any atom is -0.314 e. The van der Waals surface area contributed by atoms with Crippen LogP contribution in [-0.2, 0) is 0 Å². The lowest BCUT2D eigenvalue weighted by Crippen LogP contribution is -2.38. The molecule has 0 bridgehead atoms. The number of piperidine rings is 1. The van der Waals surface area contributed by atoms with Crippen LogP contribution in [-0.4, -0.2) is 18.4 Å². The molecule has 1 N–H and O–H groups in total. The lowest BCUT2D eigenvalue weighted by atomic mass is 9.90. The molecule has 0 aliphatic carbocycles. The Kier molecular flexibility index (Phi) is 3.89. The molecular weight excluding hydrogens is 217 g/mol. The first-order valence-corrected chi connectivity index (χ1v) is 6.17. The minimum atomic E-state index is -0.300. The predicted molar refractivity (Wildman–Crippen MR) is 65.5 cm³/mol. The van der Waals surface area contributed by atoms with Crippen molar-refractivity contribution in [1.82, 2.24) is 5.32 Å².